The molecule has 3 aromatic rings. The van der Waals surface area contributed by atoms with Crippen LogP contribution in [-0.2, 0) is 4.79 Å². The zero-order valence-corrected chi connectivity index (χ0v) is 17.3. The van der Waals surface area contributed by atoms with Gasteiger partial charge in [0, 0.05) is 29.5 Å². The average molecular weight is 423 g/mol. The number of hydrogen-bond acceptors (Lipinski definition) is 7. The fourth-order valence-electron chi connectivity index (χ4n) is 4.10. The van der Waals surface area contributed by atoms with Gasteiger partial charge in [-0.05, 0) is 29.8 Å². The maximum atomic E-state index is 12.5. The van der Waals surface area contributed by atoms with E-state index in [-0.39, 0.29) is 25.0 Å². The van der Waals surface area contributed by atoms with Gasteiger partial charge in [0.2, 0.25) is 18.4 Å². The van der Waals surface area contributed by atoms with Crippen LogP contribution in [0.5, 0.6) is 28.7 Å². The Kier molecular flexibility index (Phi) is 4.58. The molecule has 1 atom stereocenters. The largest absolute Gasteiger partial charge is 0.497 e. The Morgan fingerprint density at radius 2 is 1.87 bits per heavy atom. The number of amides is 1. The van der Waals surface area contributed by atoms with Crippen LogP contribution in [0.25, 0.3) is 11.3 Å². The summed E-state index contributed by atoms with van der Waals surface area (Å²) in [5, 5.41) is 10.3. The summed E-state index contributed by atoms with van der Waals surface area (Å²) >= 11 is 0. The van der Waals surface area contributed by atoms with E-state index in [0.717, 1.165) is 22.4 Å². The summed E-state index contributed by atoms with van der Waals surface area (Å²) in [6, 6.07) is 9.33. The van der Waals surface area contributed by atoms with E-state index in [9.17, 15) is 4.79 Å². The number of carbonyl (C=O) groups excluding carboxylic acids is 1. The number of rotatable bonds is 5. The number of anilines is 1. The summed E-state index contributed by atoms with van der Waals surface area (Å²) in [5.41, 5.74) is 3.30. The van der Waals surface area contributed by atoms with Crippen molar-refractivity contribution in [3.8, 4) is 40.0 Å². The molecule has 0 saturated heterocycles. The summed E-state index contributed by atoms with van der Waals surface area (Å²) in [6.45, 7) is 0.131. The Morgan fingerprint density at radius 1 is 1.03 bits per heavy atom. The fraction of sp³-hybridized carbons (Fsp3) is 0.273. The highest BCUT2D eigenvalue weighted by Gasteiger charge is 2.34. The Balaban J connectivity index is 1.67. The van der Waals surface area contributed by atoms with E-state index in [4.69, 9.17) is 23.7 Å². The minimum Gasteiger partial charge on any atom is -0.497 e. The Bertz CT molecular complexity index is 1170. The first-order chi connectivity index (χ1) is 15.1. The van der Waals surface area contributed by atoms with Crippen molar-refractivity contribution in [3.63, 3.8) is 0 Å². The molecule has 1 aromatic heterocycles. The third-order valence-corrected chi connectivity index (χ3v) is 5.56. The first-order valence-corrected chi connectivity index (χ1v) is 9.71. The maximum absolute atomic E-state index is 12.5. The molecule has 3 heterocycles. The maximum Gasteiger partial charge on any atom is 0.231 e. The normalized spacial score (nSPS) is 16.5. The highest BCUT2D eigenvalue weighted by molar-refractivity contribution is 5.96. The number of ether oxygens (including phenoxy) is 5. The van der Waals surface area contributed by atoms with E-state index in [1.165, 1.54) is 0 Å². The van der Waals surface area contributed by atoms with Crippen LogP contribution in [0, 0.1) is 0 Å². The van der Waals surface area contributed by atoms with E-state index in [1.54, 1.807) is 21.3 Å². The van der Waals surface area contributed by atoms with Crippen molar-refractivity contribution < 1.29 is 28.5 Å². The lowest BCUT2D eigenvalue weighted by Crippen LogP contribution is -2.23. The van der Waals surface area contributed by atoms with Gasteiger partial charge < -0.3 is 29.0 Å². The Morgan fingerprint density at radius 3 is 2.65 bits per heavy atom. The van der Waals surface area contributed by atoms with Crippen molar-refractivity contribution in [3.05, 3.63) is 41.5 Å². The summed E-state index contributed by atoms with van der Waals surface area (Å²) in [6.07, 6.45) is 0.251. The number of nitrogens with zero attached hydrogens (tertiary/aromatic N) is 1. The number of H-pyrrole nitrogens is 1. The molecule has 1 unspecified atom stereocenters. The van der Waals surface area contributed by atoms with Crippen LogP contribution in [0.15, 0.2) is 30.3 Å². The van der Waals surface area contributed by atoms with Crippen LogP contribution >= 0.6 is 0 Å². The monoisotopic (exact) mass is 423 g/mol. The number of carbonyl (C=O) groups is 1. The fourth-order valence-corrected chi connectivity index (χ4v) is 4.10. The second kappa shape index (κ2) is 7.42. The minimum absolute atomic E-state index is 0.117. The molecule has 2 aliphatic rings. The Labute approximate surface area is 178 Å². The van der Waals surface area contributed by atoms with E-state index < -0.39 is 0 Å². The molecular formula is C22H21N3O6. The average Bonchev–Trinajstić information content (AvgIpc) is 3.44. The predicted molar refractivity (Wildman–Crippen MR) is 111 cm³/mol. The number of fused-ring (bicyclic) bond motifs is 2. The van der Waals surface area contributed by atoms with E-state index in [0.29, 0.717) is 34.6 Å². The van der Waals surface area contributed by atoms with Crippen molar-refractivity contribution in [2.45, 2.75) is 12.3 Å². The molecule has 0 radical (unpaired) electrons. The van der Waals surface area contributed by atoms with Crippen molar-refractivity contribution in [2.75, 3.05) is 33.4 Å². The molecule has 9 nitrogen and oxygen atoms in total. The molecule has 0 bridgehead atoms. The molecular weight excluding hydrogens is 402 g/mol. The summed E-state index contributed by atoms with van der Waals surface area (Å²) in [4.78, 5) is 12.5. The molecule has 1 amide bonds. The number of hydrogen-bond donors (Lipinski definition) is 2. The van der Waals surface area contributed by atoms with Gasteiger partial charge in [0.1, 0.15) is 11.5 Å². The molecule has 0 fully saturated rings. The van der Waals surface area contributed by atoms with Crippen LogP contribution in [0.2, 0.25) is 0 Å². The van der Waals surface area contributed by atoms with Crippen LogP contribution < -0.4 is 29.0 Å². The van der Waals surface area contributed by atoms with E-state index in [2.05, 4.69) is 15.5 Å². The van der Waals surface area contributed by atoms with Gasteiger partial charge in [-0.3, -0.25) is 9.89 Å². The smallest absolute Gasteiger partial charge is 0.231 e. The highest BCUT2D eigenvalue weighted by Crippen LogP contribution is 2.49. The molecule has 160 valence electrons. The Hall–Kier alpha value is -3.88. The van der Waals surface area contributed by atoms with Crippen LogP contribution in [0.1, 0.15) is 23.5 Å². The topological polar surface area (TPSA) is 104 Å². The summed E-state index contributed by atoms with van der Waals surface area (Å²) in [7, 11) is 4.78. The van der Waals surface area contributed by atoms with E-state index >= 15 is 0 Å². The first-order valence-electron chi connectivity index (χ1n) is 9.71. The third-order valence-electron chi connectivity index (χ3n) is 5.56. The number of benzene rings is 2. The summed E-state index contributed by atoms with van der Waals surface area (Å²) in [5.74, 6) is 3.13. The highest BCUT2D eigenvalue weighted by atomic mass is 16.7. The van der Waals surface area contributed by atoms with Crippen molar-refractivity contribution in [1.82, 2.24) is 10.2 Å². The van der Waals surface area contributed by atoms with Gasteiger partial charge in [0.05, 0.1) is 27.0 Å². The number of aromatic nitrogens is 2. The predicted octanol–water partition coefficient (Wildman–Crippen LogP) is 3.31. The molecule has 9 heteroatoms. The molecule has 0 spiro atoms. The molecule has 31 heavy (non-hydrogen) atoms. The molecule has 0 saturated carbocycles. The van der Waals surface area contributed by atoms with Crippen LogP contribution in [0.4, 0.5) is 5.82 Å². The zero-order valence-electron chi connectivity index (χ0n) is 17.3. The second-order valence-corrected chi connectivity index (χ2v) is 7.19. The zero-order chi connectivity index (χ0) is 21.5. The molecule has 2 N–H and O–H groups in total. The van der Waals surface area contributed by atoms with Crippen molar-refractivity contribution >= 4 is 11.7 Å². The van der Waals surface area contributed by atoms with Gasteiger partial charge in [-0.15, -0.1) is 0 Å². The molecule has 2 aliphatic heterocycles. The lowest BCUT2D eigenvalue weighted by molar-refractivity contribution is -0.116. The van der Waals surface area contributed by atoms with Gasteiger partial charge in [-0.2, -0.15) is 5.10 Å². The number of methoxy groups -OCH3 is 3. The summed E-state index contributed by atoms with van der Waals surface area (Å²) < 4.78 is 27.5. The quantitative estimate of drug-likeness (QED) is 0.649. The van der Waals surface area contributed by atoms with E-state index in [1.807, 2.05) is 30.3 Å². The molecule has 5 rings (SSSR count). The van der Waals surface area contributed by atoms with Crippen molar-refractivity contribution in [2.24, 2.45) is 0 Å². The number of aromatic amines is 1. The molecule has 2 aromatic carbocycles. The SMILES string of the molecule is COc1ccc(-c2[nH]nc3c2C(c2cc(OC)c4c(c2)OCO4)CC(=O)N3)c(OC)c1. The third kappa shape index (κ3) is 3.09. The van der Waals surface area contributed by atoms with Gasteiger partial charge >= 0.3 is 0 Å². The number of nitrogens with one attached hydrogen (secondary N) is 2. The standard InChI is InChI=1S/C22H21N3O6/c1-27-12-4-5-13(15(8-12)28-2)20-19-14(9-18(26)23-22(19)25-24-20)11-6-16(29-3)21-17(7-11)30-10-31-21/h4-8,14H,9-10H2,1-3H3,(H2,23,24,25,26). The van der Waals surface area contributed by atoms with Gasteiger partial charge in [0.25, 0.3) is 0 Å². The first kappa shape index (κ1) is 19.1. The van der Waals surface area contributed by atoms with Gasteiger partial charge in [-0.1, -0.05) is 0 Å². The van der Waals surface area contributed by atoms with Crippen molar-refractivity contribution in [1.29, 1.82) is 0 Å². The van der Waals surface area contributed by atoms with Crippen LogP contribution in [-0.4, -0.2) is 44.2 Å². The van der Waals surface area contributed by atoms with Crippen LogP contribution in [0.3, 0.4) is 0 Å². The minimum atomic E-state index is -0.271. The lowest BCUT2D eigenvalue weighted by Gasteiger charge is -2.24. The second-order valence-electron chi connectivity index (χ2n) is 7.19. The molecule has 0 aliphatic carbocycles. The lowest BCUT2D eigenvalue weighted by atomic mass is 9.84. The van der Waals surface area contributed by atoms with Gasteiger partial charge in [-0.25, -0.2) is 0 Å². The van der Waals surface area contributed by atoms with Gasteiger partial charge in [0.15, 0.2) is 17.3 Å².